The summed E-state index contributed by atoms with van der Waals surface area (Å²) in [6, 6.07) is 11.9. The van der Waals surface area contributed by atoms with Gasteiger partial charge in [0.05, 0.1) is 17.4 Å². The number of fused-ring (bicyclic) bond motifs is 1. The number of nitrogens with one attached hydrogen (secondary N) is 1. The van der Waals surface area contributed by atoms with Gasteiger partial charge >= 0.3 is 6.09 Å². The second kappa shape index (κ2) is 8.14. The summed E-state index contributed by atoms with van der Waals surface area (Å²) >= 11 is 0. The van der Waals surface area contributed by atoms with E-state index in [1.807, 2.05) is 48.0 Å². The molecule has 32 heavy (non-hydrogen) atoms. The van der Waals surface area contributed by atoms with Crippen molar-refractivity contribution in [1.82, 2.24) is 29.6 Å². The van der Waals surface area contributed by atoms with Gasteiger partial charge < -0.3 is 20.2 Å². The topological polar surface area (TPSA) is 112 Å². The van der Waals surface area contributed by atoms with Crippen LogP contribution < -0.4 is 10.2 Å². The van der Waals surface area contributed by atoms with E-state index >= 15 is 0 Å². The number of benzene rings is 1. The molecule has 5 rings (SSSR count). The van der Waals surface area contributed by atoms with E-state index in [0.29, 0.717) is 31.3 Å². The average Bonchev–Trinajstić information content (AvgIpc) is 3.18. The molecule has 1 aromatic carbocycles. The van der Waals surface area contributed by atoms with Gasteiger partial charge in [0.1, 0.15) is 11.6 Å². The quantitative estimate of drug-likeness (QED) is 0.508. The first kappa shape index (κ1) is 19.7. The van der Waals surface area contributed by atoms with Crippen LogP contribution in [-0.2, 0) is 0 Å². The zero-order chi connectivity index (χ0) is 22.1. The molecule has 0 aliphatic carbocycles. The molecule has 10 heteroatoms. The predicted octanol–water partition coefficient (Wildman–Crippen LogP) is 3.14. The van der Waals surface area contributed by atoms with Gasteiger partial charge in [-0.3, -0.25) is 4.98 Å². The number of aromatic nitrogens is 5. The highest BCUT2D eigenvalue weighted by Gasteiger charge is 2.27. The summed E-state index contributed by atoms with van der Waals surface area (Å²) < 4.78 is 1.87. The van der Waals surface area contributed by atoms with Gasteiger partial charge in [0, 0.05) is 55.7 Å². The smallest absolute Gasteiger partial charge is 0.407 e. The van der Waals surface area contributed by atoms with Crippen LogP contribution in [0.2, 0.25) is 0 Å². The number of carbonyl (C=O) groups is 1. The summed E-state index contributed by atoms with van der Waals surface area (Å²) in [6.07, 6.45) is 5.77. The molecular formula is C22H22N8O2. The normalized spacial score (nSPS) is 16.3. The Hall–Kier alpha value is -4.21. The maximum atomic E-state index is 11.3. The SMILES string of the molecule is C[C@H]1CN(C(=O)O)CCN1c1cc(-n2nc(Nc3cnccn3)c3ccccc32)ccn1. The minimum atomic E-state index is -0.885. The maximum absolute atomic E-state index is 11.3. The van der Waals surface area contributed by atoms with Gasteiger partial charge in [0.25, 0.3) is 0 Å². The number of hydrogen-bond donors (Lipinski definition) is 2. The number of rotatable bonds is 4. The van der Waals surface area contributed by atoms with Crippen molar-refractivity contribution in [3.05, 3.63) is 61.2 Å². The van der Waals surface area contributed by atoms with Gasteiger partial charge in [-0.1, -0.05) is 12.1 Å². The largest absolute Gasteiger partial charge is 0.465 e. The molecule has 3 aromatic heterocycles. The lowest BCUT2D eigenvalue weighted by molar-refractivity contribution is 0.136. The van der Waals surface area contributed by atoms with E-state index in [-0.39, 0.29) is 6.04 Å². The molecule has 1 aliphatic heterocycles. The van der Waals surface area contributed by atoms with E-state index in [2.05, 4.69) is 25.2 Å². The summed E-state index contributed by atoms with van der Waals surface area (Å²) in [6.45, 7) is 3.49. The molecule has 10 nitrogen and oxygen atoms in total. The van der Waals surface area contributed by atoms with Crippen LogP contribution in [0.3, 0.4) is 0 Å². The van der Waals surface area contributed by atoms with E-state index < -0.39 is 6.09 Å². The van der Waals surface area contributed by atoms with E-state index in [1.54, 1.807) is 24.8 Å². The summed E-state index contributed by atoms with van der Waals surface area (Å²) in [7, 11) is 0. The highest BCUT2D eigenvalue weighted by Crippen LogP contribution is 2.29. The molecule has 0 spiro atoms. The standard InChI is InChI=1S/C22H22N8O2/c1-15-14-28(22(31)32)10-11-29(15)20-12-16(6-7-25-20)30-18-5-3-2-4-17(18)21(27-30)26-19-13-23-8-9-24-19/h2-9,12-13,15H,10-11,14H2,1H3,(H,31,32)(H,24,26,27)/t15-/m0/s1. The van der Waals surface area contributed by atoms with E-state index in [0.717, 1.165) is 22.4 Å². The number of hydrogen-bond acceptors (Lipinski definition) is 7. The van der Waals surface area contributed by atoms with Gasteiger partial charge in [0.2, 0.25) is 0 Å². The van der Waals surface area contributed by atoms with Crippen LogP contribution in [0.25, 0.3) is 16.6 Å². The minimum absolute atomic E-state index is 0.0193. The second-order valence-electron chi connectivity index (χ2n) is 7.64. The first-order chi connectivity index (χ1) is 15.6. The Morgan fingerprint density at radius 2 is 2.00 bits per heavy atom. The zero-order valence-electron chi connectivity index (χ0n) is 17.5. The Morgan fingerprint density at radius 1 is 1.12 bits per heavy atom. The van der Waals surface area contributed by atoms with Crippen molar-refractivity contribution in [2.45, 2.75) is 13.0 Å². The number of para-hydroxylation sites is 1. The third-order valence-electron chi connectivity index (χ3n) is 5.56. The van der Waals surface area contributed by atoms with Crippen LogP contribution in [0, 0.1) is 0 Å². The molecular weight excluding hydrogens is 408 g/mol. The highest BCUT2D eigenvalue weighted by molar-refractivity contribution is 5.92. The van der Waals surface area contributed by atoms with Crippen LogP contribution in [0.15, 0.2) is 61.2 Å². The Labute approximate surface area is 184 Å². The Kier molecular flexibility index (Phi) is 5.02. The monoisotopic (exact) mass is 430 g/mol. The Balaban J connectivity index is 1.49. The summed E-state index contributed by atoms with van der Waals surface area (Å²) in [5.41, 5.74) is 1.81. The number of carboxylic acid groups (broad SMARTS) is 1. The molecule has 2 N–H and O–H groups in total. The second-order valence-corrected chi connectivity index (χ2v) is 7.64. The average molecular weight is 430 g/mol. The highest BCUT2D eigenvalue weighted by atomic mass is 16.4. The first-order valence-corrected chi connectivity index (χ1v) is 10.3. The molecule has 1 fully saturated rings. The van der Waals surface area contributed by atoms with Crippen molar-refractivity contribution in [1.29, 1.82) is 0 Å². The van der Waals surface area contributed by atoms with Gasteiger partial charge in [-0.05, 0) is 25.1 Å². The van der Waals surface area contributed by atoms with Gasteiger partial charge in [-0.2, -0.15) is 0 Å². The lowest BCUT2D eigenvalue weighted by atomic mass is 10.2. The number of nitrogens with zero attached hydrogens (tertiary/aromatic N) is 7. The van der Waals surface area contributed by atoms with Gasteiger partial charge in [0.15, 0.2) is 5.82 Å². The van der Waals surface area contributed by atoms with E-state index in [9.17, 15) is 9.90 Å². The number of piperazine rings is 1. The lowest BCUT2D eigenvalue weighted by Gasteiger charge is -2.39. The molecule has 0 radical (unpaired) electrons. The van der Waals surface area contributed by atoms with Crippen LogP contribution in [0.4, 0.5) is 22.2 Å². The number of anilines is 3. The molecule has 0 bridgehead atoms. The zero-order valence-corrected chi connectivity index (χ0v) is 17.5. The first-order valence-electron chi connectivity index (χ1n) is 10.3. The molecule has 1 aliphatic rings. The van der Waals surface area contributed by atoms with Crippen molar-refractivity contribution >= 4 is 34.4 Å². The number of amides is 1. The molecule has 4 aromatic rings. The molecule has 1 saturated heterocycles. The summed E-state index contributed by atoms with van der Waals surface area (Å²) in [5, 5.41) is 18.3. The van der Waals surface area contributed by atoms with Gasteiger partial charge in [-0.25, -0.2) is 19.4 Å². The molecule has 162 valence electrons. The number of pyridine rings is 1. The fraction of sp³-hybridized carbons (Fsp3) is 0.227. The molecule has 0 saturated carbocycles. The Morgan fingerprint density at radius 3 is 2.78 bits per heavy atom. The summed E-state index contributed by atoms with van der Waals surface area (Å²) in [5.74, 6) is 2.09. The van der Waals surface area contributed by atoms with Crippen LogP contribution >= 0.6 is 0 Å². The molecule has 0 unspecified atom stereocenters. The predicted molar refractivity (Wildman–Crippen MR) is 121 cm³/mol. The van der Waals surface area contributed by atoms with Crippen molar-refractivity contribution in [2.24, 2.45) is 0 Å². The van der Waals surface area contributed by atoms with Crippen LogP contribution in [0.1, 0.15) is 6.92 Å². The lowest BCUT2D eigenvalue weighted by Crippen LogP contribution is -2.53. The van der Waals surface area contributed by atoms with Gasteiger partial charge in [-0.15, -0.1) is 5.10 Å². The van der Waals surface area contributed by atoms with Crippen LogP contribution in [0.5, 0.6) is 0 Å². The van der Waals surface area contributed by atoms with Crippen molar-refractivity contribution in [2.75, 3.05) is 29.9 Å². The third kappa shape index (κ3) is 3.66. The molecule has 4 heterocycles. The molecule has 1 amide bonds. The Bertz CT molecular complexity index is 1260. The van der Waals surface area contributed by atoms with Crippen molar-refractivity contribution in [3.8, 4) is 5.69 Å². The minimum Gasteiger partial charge on any atom is -0.465 e. The third-order valence-corrected chi connectivity index (χ3v) is 5.56. The fourth-order valence-corrected chi connectivity index (χ4v) is 4.01. The van der Waals surface area contributed by atoms with Crippen molar-refractivity contribution < 1.29 is 9.90 Å². The maximum Gasteiger partial charge on any atom is 0.407 e. The fourth-order valence-electron chi connectivity index (χ4n) is 4.01. The van der Waals surface area contributed by atoms with E-state index in [1.165, 1.54) is 4.90 Å². The summed E-state index contributed by atoms with van der Waals surface area (Å²) in [4.78, 5) is 27.8. The van der Waals surface area contributed by atoms with Crippen molar-refractivity contribution in [3.63, 3.8) is 0 Å². The van der Waals surface area contributed by atoms with Crippen LogP contribution in [-0.4, -0.2) is 66.5 Å². The molecule has 1 atom stereocenters. The van der Waals surface area contributed by atoms with E-state index in [4.69, 9.17) is 5.10 Å².